The second kappa shape index (κ2) is 10.8. The first-order valence-electron chi connectivity index (χ1n) is 13.7. The van der Waals surface area contributed by atoms with E-state index in [0.29, 0.717) is 17.7 Å². The minimum Gasteiger partial charge on any atom is -0.399 e. The molecule has 2 aromatic heterocycles. The lowest BCUT2D eigenvalue weighted by Crippen LogP contribution is -2.41. The molecule has 210 valence electrons. The monoisotopic (exact) mass is 544 g/mol. The van der Waals surface area contributed by atoms with E-state index in [0.717, 1.165) is 30.3 Å². The number of benzene rings is 1. The summed E-state index contributed by atoms with van der Waals surface area (Å²) in [4.78, 5) is 29.5. The van der Waals surface area contributed by atoms with E-state index in [-0.39, 0.29) is 46.2 Å². The van der Waals surface area contributed by atoms with Gasteiger partial charge in [-0.1, -0.05) is 24.3 Å². The van der Waals surface area contributed by atoms with E-state index in [1.807, 2.05) is 52.0 Å². The Bertz CT molecular complexity index is 1440. The van der Waals surface area contributed by atoms with E-state index in [1.165, 1.54) is 10.6 Å². The van der Waals surface area contributed by atoms with Crippen LogP contribution in [-0.4, -0.2) is 45.9 Å². The average molecular weight is 544 g/mol. The second-order valence-electron chi connectivity index (χ2n) is 11.7. The molecule has 1 saturated carbocycles. The zero-order chi connectivity index (χ0) is 28.7. The molecule has 1 aromatic carbocycles. The van der Waals surface area contributed by atoms with Crippen molar-refractivity contribution in [3.05, 3.63) is 76.3 Å². The van der Waals surface area contributed by atoms with E-state index >= 15 is 0 Å². The number of nitrogens with two attached hydrogens (primary N) is 1. The predicted molar refractivity (Wildman–Crippen MR) is 155 cm³/mol. The number of aryl methyl sites for hydroxylation is 1. The van der Waals surface area contributed by atoms with Crippen LogP contribution in [-0.2, 0) is 27.7 Å². The number of aromatic nitrogens is 2. The lowest BCUT2D eigenvalue weighted by molar-refractivity contribution is 0.00578. The van der Waals surface area contributed by atoms with Crippen molar-refractivity contribution in [2.75, 3.05) is 5.73 Å². The Hall–Kier alpha value is -3.47. The number of anilines is 1. The number of hydrogen-bond acceptors (Lipinski definition) is 7. The molecule has 0 spiro atoms. The summed E-state index contributed by atoms with van der Waals surface area (Å²) >= 11 is 0. The van der Waals surface area contributed by atoms with Crippen molar-refractivity contribution in [1.29, 1.82) is 0 Å². The third kappa shape index (κ3) is 5.70. The normalized spacial score (nSPS) is 21.5. The van der Waals surface area contributed by atoms with Gasteiger partial charge in [0.2, 0.25) is 0 Å². The average Bonchev–Trinajstić information content (AvgIpc) is 3.44. The lowest BCUT2D eigenvalue weighted by atomic mass is 9.79. The third-order valence-electron chi connectivity index (χ3n) is 8.34. The van der Waals surface area contributed by atoms with Crippen LogP contribution in [0, 0.1) is 0 Å². The number of carbonyl (C=O) groups is 1. The Morgan fingerprint density at radius 2 is 1.80 bits per heavy atom. The molecule has 0 bridgehead atoms. The van der Waals surface area contributed by atoms with Crippen molar-refractivity contribution in [2.45, 2.75) is 76.9 Å². The highest BCUT2D eigenvalue weighted by atomic mass is 16.7. The summed E-state index contributed by atoms with van der Waals surface area (Å²) in [5, 5.41) is 3.10. The Morgan fingerprint density at radius 1 is 1.10 bits per heavy atom. The molecule has 3 heterocycles. The first kappa shape index (κ1) is 28.1. The van der Waals surface area contributed by atoms with Gasteiger partial charge in [-0.05, 0) is 75.7 Å². The molecule has 0 unspecified atom stereocenters. The summed E-state index contributed by atoms with van der Waals surface area (Å²) < 4.78 is 20.0. The highest BCUT2D eigenvalue weighted by Crippen LogP contribution is 2.36. The Morgan fingerprint density at radius 3 is 2.48 bits per heavy atom. The number of carbonyl (C=O) groups excluding carboxylic acids is 1. The molecule has 1 saturated heterocycles. The Kier molecular flexibility index (Phi) is 7.61. The number of nitrogens with zero attached hydrogens (tertiary/aromatic N) is 2. The zero-order valence-electron chi connectivity index (χ0n) is 23.8. The molecule has 3 N–H and O–H groups in total. The van der Waals surface area contributed by atoms with Crippen molar-refractivity contribution in [3.8, 4) is 11.1 Å². The van der Waals surface area contributed by atoms with Gasteiger partial charge in [0.05, 0.1) is 35.5 Å². The predicted octanol–water partition coefficient (Wildman–Crippen LogP) is 3.20. The molecule has 5 rings (SSSR count). The number of nitrogens with one attached hydrogen (secondary N) is 1. The molecule has 0 radical (unpaired) electrons. The molecule has 2 aliphatic rings. The first-order chi connectivity index (χ1) is 18.9. The minimum atomic E-state index is -0.401. The van der Waals surface area contributed by atoms with E-state index < -0.39 is 7.12 Å². The second-order valence-corrected chi connectivity index (χ2v) is 11.7. The summed E-state index contributed by atoms with van der Waals surface area (Å²) in [5.41, 5.74) is 8.77. The van der Waals surface area contributed by atoms with Crippen molar-refractivity contribution >= 4 is 24.3 Å². The fraction of sp³-hybridized carbons (Fsp3) is 0.433. The van der Waals surface area contributed by atoms with Crippen LogP contribution in [0.3, 0.4) is 0 Å². The van der Waals surface area contributed by atoms with Crippen LogP contribution in [0.25, 0.3) is 11.1 Å². The molecule has 40 heavy (non-hydrogen) atoms. The highest BCUT2D eigenvalue weighted by Gasteiger charge is 2.51. The maximum absolute atomic E-state index is 13.2. The molecule has 1 amide bonds. The standard InChI is InChI=1S/C30H37BN4O5/c1-29(2)30(3,4)40-31(39-29)22-11-9-19(10-12-22)18-38-25-8-6-7-24(25)34-28(37)23-15-21(17-33-27(23)32)20-13-14-35(5)26(36)16-20/h9-17,24-25H,6-8,18H2,1-5H3,(H2,32,33)(H,34,37)/t24-,25-/m0/s1. The largest absolute Gasteiger partial charge is 0.494 e. The molecular weight excluding hydrogens is 507 g/mol. The fourth-order valence-electron chi connectivity index (χ4n) is 5.03. The van der Waals surface area contributed by atoms with Gasteiger partial charge in [-0.3, -0.25) is 9.59 Å². The van der Waals surface area contributed by atoms with Crippen LogP contribution < -0.4 is 22.1 Å². The van der Waals surface area contributed by atoms with Gasteiger partial charge in [0.25, 0.3) is 11.5 Å². The minimum absolute atomic E-state index is 0.110. The molecule has 10 heteroatoms. The summed E-state index contributed by atoms with van der Waals surface area (Å²) in [7, 11) is 1.28. The van der Waals surface area contributed by atoms with Gasteiger partial charge in [-0.15, -0.1) is 0 Å². The molecule has 1 aliphatic carbocycles. The van der Waals surface area contributed by atoms with Crippen LogP contribution in [0.15, 0.2) is 59.7 Å². The summed E-state index contributed by atoms with van der Waals surface area (Å²) in [6.45, 7) is 8.60. The number of rotatable bonds is 7. The molecule has 2 atom stereocenters. The number of pyridine rings is 2. The van der Waals surface area contributed by atoms with Gasteiger partial charge in [0.15, 0.2) is 0 Å². The number of ether oxygens (including phenoxy) is 1. The highest BCUT2D eigenvalue weighted by molar-refractivity contribution is 6.62. The van der Waals surface area contributed by atoms with E-state index in [1.54, 1.807) is 31.6 Å². The zero-order valence-corrected chi connectivity index (χ0v) is 23.8. The fourth-order valence-corrected chi connectivity index (χ4v) is 5.03. The van der Waals surface area contributed by atoms with Gasteiger partial charge in [0, 0.05) is 31.1 Å². The molecule has 1 aliphatic heterocycles. The third-order valence-corrected chi connectivity index (χ3v) is 8.34. The molecular formula is C30H37BN4O5. The van der Waals surface area contributed by atoms with E-state index in [2.05, 4.69) is 10.3 Å². The molecule has 2 fully saturated rings. The summed E-state index contributed by atoms with van der Waals surface area (Å²) in [6.07, 6.45) is 5.77. The van der Waals surface area contributed by atoms with Crippen LogP contribution in [0.2, 0.25) is 0 Å². The topological polar surface area (TPSA) is 118 Å². The van der Waals surface area contributed by atoms with Gasteiger partial charge in [-0.2, -0.15) is 0 Å². The Labute approximate surface area is 235 Å². The summed E-state index contributed by atoms with van der Waals surface area (Å²) in [5.74, 6) is -0.161. The number of hydrogen-bond donors (Lipinski definition) is 2. The van der Waals surface area contributed by atoms with Crippen LogP contribution in [0.4, 0.5) is 5.82 Å². The van der Waals surface area contributed by atoms with Crippen molar-refractivity contribution in [3.63, 3.8) is 0 Å². The maximum Gasteiger partial charge on any atom is 0.494 e. The smallest absolute Gasteiger partial charge is 0.399 e. The van der Waals surface area contributed by atoms with Gasteiger partial charge in [0.1, 0.15) is 5.82 Å². The van der Waals surface area contributed by atoms with E-state index in [4.69, 9.17) is 19.8 Å². The van der Waals surface area contributed by atoms with E-state index in [9.17, 15) is 9.59 Å². The number of amides is 1. The number of nitrogen functional groups attached to an aromatic ring is 1. The summed E-state index contributed by atoms with van der Waals surface area (Å²) in [6, 6.07) is 12.9. The molecule has 3 aromatic rings. The lowest BCUT2D eigenvalue weighted by Gasteiger charge is -2.32. The van der Waals surface area contributed by atoms with Crippen LogP contribution >= 0.6 is 0 Å². The van der Waals surface area contributed by atoms with Gasteiger partial charge in [-0.25, -0.2) is 4.98 Å². The van der Waals surface area contributed by atoms with Gasteiger partial charge < -0.3 is 29.7 Å². The van der Waals surface area contributed by atoms with Crippen LogP contribution in [0.1, 0.15) is 62.9 Å². The van der Waals surface area contributed by atoms with Crippen molar-refractivity contribution < 1.29 is 18.8 Å². The first-order valence-corrected chi connectivity index (χ1v) is 13.7. The van der Waals surface area contributed by atoms with Crippen LogP contribution in [0.5, 0.6) is 0 Å². The van der Waals surface area contributed by atoms with Crippen molar-refractivity contribution in [2.24, 2.45) is 7.05 Å². The van der Waals surface area contributed by atoms with Crippen molar-refractivity contribution in [1.82, 2.24) is 14.9 Å². The Balaban J connectivity index is 1.20. The SMILES string of the molecule is Cn1ccc(-c2cnc(N)c(C(=O)N[C@H]3CCC[C@@H]3OCc3ccc(B4OC(C)(C)C(C)(C)O4)cc3)c2)cc1=O. The quantitative estimate of drug-likeness (QED) is 0.439. The maximum atomic E-state index is 13.2. The molecule has 9 nitrogen and oxygen atoms in total. The van der Waals surface area contributed by atoms with Gasteiger partial charge >= 0.3 is 7.12 Å².